The van der Waals surface area contributed by atoms with E-state index in [4.69, 9.17) is 17.0 Å². The summed E-state index contributed by atoms with van der Waals surface area (Å²) in [6, 6.07) is 4.50. The van der Waals surface area contributed by atoms with Crippen molar-refractivity contribution in [3.63, 3.8) is 0 Å². The molecule has 2 rings (SSSR count). The molecule has 0 aliphatic carbocycles. The van der Waals surface area contributed by atoms with E-state index in [1.807, 2.05) is 0 Å². The number of nitrogens with one attached hydrogen (secondary N) is 2. The molecule has 0 atom stereocenters. The van der Waals surface area contributed by atoms with Gasteiger partial charge in [-0.25, -0.2) is 0 Å². The molecule has 3 nitrogen and oxygen atoms in total. The molecule has 0 fully saturated rings. The average Bonchev–Trinajstić information content (AvgIpc) is 2.85. The number of benzene rings is 1. The summed E-state index contributed by atoms with van der Waals surface area (Å²) in [5.74, 6) is -0.909. The minimum absolute atomic E-state index is 0.0381. The first-order valence-corrected chi connectivity index (χ1v) is 8.19. The molecule has 0 saturated carbocycles. The first-order chi connectivity index (χ1) is 11.1. The third-order valence-electron chi connectivity index (χ3n) is 3.26. The van der Waals surface area contributed by atoms with Crippen LogP contribution in [0.15, 0.2) is 24.3 Å². The van der Waals surface area contributed by atoms with Crippen molar-refractivity contribution in [2.24, 2.45) is 0 Å². The van der Waals surface area contributed by atoms with Gasteiger partial charge in [-0.05, 0) is 37.6 Å². The van der Waals surface area contributed by atoms with E-state index >= 15 is 0 Å². The zero-order valence-electron chi connectivity index (χ0n) is 12.8. The highest BCUT2D eigenvalue weighted by Crippen LogP contribution is 2.34. The molecule has 1 aromatic heterocycles. The Morgan fingerprint density at radius 1 is 1.33 bits per heavy atom. The molecule has 128 valence electrons. The normalized spacial score (nSPS) is 11.4. The molecule has 2 aromatic rings. The lowest BCUT2D eigenvalue weighted by atomic mass is 10.1. The lowest BCUT2D eigenvalue weighted by molar-refractivity contribution is -0.137. The number of hydrogen-bond acceptors (Lipinski definition) is 3. The van der Waals surface area contributed by atoms with Crippen molar-refractivity contribution in [2.75, 3.05) is 5.32 Å². The second-order valence-electron chi connectivity index (χ2n) is 5.07. The van der Waals surface area contributed by atoms with Crippen LogP contribution in [0.3, 0.4) is 0 Å². The van der Waals surface area contributed by atoms with Crippen LogP contribution in [-0.4, -0.2) is 11.6 Å². The van der Waals surface area contributed by atoms with E-state index in [1.54, 1.807) is 19.9 Å². The predicted molar refractivity (Wildman–Crippen MR) is 90.6 cm³/mol. The van der Waals surface area contributed by atoms with E-state index in [9.17, 15) is 18.0 Å². The summed E-state index contributed by atoms with van der Waals surface area (Å²) in [5, 5.41) is 10.4. The molecule has 0 bridgehead atoms. The van der Waals surface area contributed by atoms with Gasteiger partial charge in [0.15, 0.2) is 0 Å². The Bertz CT molecular complexity index is 799. The van der Waals surface area contributed by atoms with E-state index in [0.29, 0.717) is 22.7 Å². The standard InChI is InChI=1S/C16H14ClF3N2OS/c1-3-12(21)14-13(6-8(2)24-14)22-15(23)10-7-9(17)4-5-11(10)16(18,19)20/h4-7,21H,3H2,1-2H3,(H,22,23). The highest BCUT2D eigenvalue weighted by Gasteiger charge is 2.35. The van der Waals surface area contributed by atoms with Gasteiger partial charge in [0.2, 0.25) is 0 Å². The maximum Gasteiger partial charge on any atom is 0.417 e. The Kier molecular flexibility index (Phi) is 5.35. The SMILES string of the molecule is CCC(=N)c1sc(C)cc1NC(=O)c1cc(Cl)ccc1C(F)(F)F. The minimum atomic E-state index is -4.67. The Hall–Kier alpha value is -1.86. The Labute approximate surface area is 146 Å². The van der Waals surface area contributed by atoms with Crippen LogP contribution in [0.4, 0.5) is 18.9 Å². The average molecular weight is 375 g/mol. The maximum absolute atomic E-state index is 13.1. The van der Waals surface area contributed by atoms with E-state index in [0.717, 1.165) is 23.1 Å². The van der Waals surface area contributed by atoms with Crippen molar-refractivity contribution in [1.29, 1.82) is 5.41 Å². The zero-order chi connectivity index (χ0) is 18.1. The van der Waals surface area contributed by atoms with Crippen LogP contribution < -0.4 is 5.32 Å². The van der Waals surface area contributed by atoms with Crippen molar-refractivity contribution in [1.82, 2.24) is 0 Å². The van der Waals surface area contributed by atoms with Crippen molar-refractivity contribution < 1.29 is 18.0 Å². The molecule has 0 radical (unpaired) electrons. The van der Waals surface area contributed by atoms with E-state index in [-0.39, 0.29) is 5.02 Å². The van der Waals surface area contributed by atoms with Crippen molar-refractivity contribution in [2.45, 2.75) is 26.4 Å². The Balaban J connectivity index is 2.42. The summed E-state index contributed by atoms with van der Waals surface area (Å²) in [5.41, 5.74) is -0.954. The molecule has 0 aliphatic rings. The molecule has 1 aromatic carbocycles. The van der Waals surface area contributed by atoms with Gasteiger partial charge in [0.05, 0.1) is 27.4 Å². The van der Waals surface area contributed by atoms with Crippen molar-refractivity contribution in [3.8, 4) is 0 Å². The van der Waals surface area contributed by atoms with Gasteiger partial charge in [0, 0.05) is 9.90 Å². The summed E-state index contributed by atoms with van der Waals surface area (Å²) >= 11 is 7.05. The number of amides is 1. The molecule has 0 aliphatic heterocycles. The lowest BCUT2D eigenvalue weighted by Gasteiger charge is -2.13. The molecule has 2 N–H and O–H groups in total. The summed E-state index contributed by atoms with van der Waals surface area (Å²) in [7, 11) is 0. The first-order valence-electron chi connectivity index (χ1n) is 6.99. The van der Waals surface area contributed by atoms with Gasteiger partial charge in [0.25, 0.3) is 5.91 Å². The molecular weight excluding hydrogens is 361 g/mol. The number of rotatable bonds is 4. The third kappa shape index (κ3) is 3.96. The van der Waals surface area contributed by atoms with Crippen LogP contribution in [0.5, 0.6) is 0 Å². The van der Waals surface area contributed by atoms with Gasteiger partial charge < -0.3 is 10.7 Å². The zero-order valence-corrected chi connectivity index (χ0v) is 14.4. The van der Waals surface area contributed by atoms with Crippen LogP contribution in [0.1, 0.15) is 39.0 Å². The molecule has 1 heterocycles. The molecule has 0 spiro atoms. The van der Waals surface area contributed by atoms with Crippen molar-refractivity contribution in [3.05, 3.63) is 50.2 Å². The smallest absolute Gasteiger partial charge is 0.321 e. The molecule has 24 heavy (non-hydrogen) atoms. The number of halogens is 4. The van der Waals surface area contributed by atoms with Gasteiger partial charge in [0.1, 0.15) is 0 Å². The summed E-state index contributed by atoms with van der Waals surface area (Å²) in [6.07, 6.45) is -4.21. The second kappa shape index (κ2) is 6.94. The number of aryl methyl sites for hydroxylation is 1. The highest BCUT2D eigenvalue weighted by molar-refractivity contribution is 7.14. The molecule has 0 unspecified atom stereocenters. The quantitative estimate of drug-likeness (QED) is 0.657. The fourth-order valence-electron chi connectivity index (χ4n) is 2.13. The number of hydrogen-bond donors (Lipinski definition) is 2. The highest BCUT2D eigenvalue weighted by atomic mass is 35.5. The lowest BCUT2D eigenvalue weighted by Crippen LogP contribution is -2.19. The summed E-state index contributed by atoms with van der Waals surface area (Å²) in [6.45, 7) is 3.59. The second-order valence-corrected chi connectivity index (χ2v) is 6.77. The van der Waals surface area contributed by atoms with Crippen LogP contribution in [0.2, 0.25) is 5.02 Å². The number of carbonyl (C=O) groups excluding carboxylic acids is 1. The number of alkyl halides is 3. The molecule has 1 amide bonds. The van der Waals surface area contributed by atoms with Crippen LogP contribution in [0, 0.1) is 12.3 Å². The molecular formula is C16H14ClF3N2OS. The third-order valence-corrected chi connectivity index (χ3v) is 4.61. The van der Waals surface area contributed by atoms with Gasteiger partial charge >= 0.3 is 6.18 Å². The number of anilines is 1. The van der Waals surface area contributed by atoms with Gasteiger partial charge in [-0.1, -0.05) is 18.5 Å². The largest absolute Gasteiger partial charge is 0.417 e. The fraction of sp³-hybridized carbons (Fsp3) is 0.250. The van der Waals surface area contributed by atoms with Gasteiger partial charge in [-0.2, -0.15) is 13.2 Å². The topological polar surface area (TPSA) is 53.0 Å². The molecule has 0 saturated heterocycles. The first kappa shape index (κ1) is 18.5. The van der Waals surface area contributed by atoms with E-state index < -0.39 is 23.2 Å². The van der Waals surface area contributed by atoms with Gasteiger partial charge in [-0.3, -0.25) is 4.79 Å². The monoisotopic (exact) mass is 374 g/mol. The number of carbonyl (C=O) groups is 1. The fourth-order valence-corrected chi connectivity index (χ4v) is 3.29. The minimum Gasteiger partial charge on any atom is -0.321 e. The van der Waals surface area contributed by atoms with E-state index in [1.165, 1.54) is 11.3 Å². The van der Waals surface area contributed by atoms with Crippen LogP contribution in [-0.2, 0) is 6.18 Å². The predicted octanol–water partition coefficient (Wildman–Crippen LogP) is 5.76. The molecule has 8 heteroatoms. The summed E-state index contributed by atoms with van der Waals surface area (Å²) in [4.78, 5) is 13.8. The van der Waals surface area contributed by atoms with Crippen LogP contribution in [0.25, 0.3) is 0 Å². The van der Waals surface area contributed by atoms with Crippen molar-refractivity contribution >= 4 is 40.2 Å². The Morgan fingerprint density at radius 3 is 2.58 bits per heavy atom. The Morgan fingerprint density at radius 2 is 2.00 bits per heavy atom. The van der Waals surface area contributed by atoms with E-state index in [2.05, 4.69) is 5.32 Å². The van der Waals surface area contributed by atoms with Gasteiger partial charge in [-0.15, -0.1) is 11.3 Å². The number of thiophene rings is 1. The summed E-state index contributed by atoms with van der Waals surface area (Å²) < 4.78 is 39.3. The van der Waals surface area contributed by atoms with Crippen LogP contribution >= 0.6 is 22.9 Å². The maximum atomic E-state index is 13.1.